The smallest absolute Gasteiger partial charge is 0.425 e. The number of unbranched alkanes of at least 4 members (excludes halogenated alkanes) is 1. The van der Waals surface area contributed by atoms with Gasteiger partial charge in [-0.3, -0.25) is 4.79 Å². The average Bonchev–Trinajstić information content (AvgIpc) is 3.14. The third-order valence-corrected chi connectivity index (χ3v) is 3.75. The second kappa shape index (κ2) is 6.66. The zero-order chi connectivity index (χ0) is 16.3. The van der Waals surface area contributed by atoms with Crippen molar-refractivity contribution in [3.63, 3.8) is 0 Å². The first-order valence-corrected chi connectivity index (χ1v) is 7.22. The van der Waals surface area contributed by atoms with Gasteiger partial charge in [-0.05, 0) is 26.2 Å². The number of carbonyl (C=O) groups excluding carboxylic acids is 2. The predicted octanol–water partition coefficient (Wildman–Crippen LogP) is 3.59. The molecule has 1 rings (SSSR count). The summed E-state index contributed by atoms with van der Waals surface area (Å²) in [5.41, 5.74) is -1.02. The molecule has 1 fully saturated rings. The minimum absolute atomic E-state index is 0.118. The molecule has 0 aromatic rings. The first-order valence-electron chi connectivity index (χ1n) is 7.22. The number of hydrogen-bond acceptors (Lipinski definition) is 3. The van der Waals surface area contributed by atoms with E-state index in [1.807, 2.05) is 6.92 Å². The number of Topliss-reactive ketones (excluding diaryl/α,β-unsaturated/α-hetero) is 1. The summed E-state index contributed by atoms with van der Waals surface area (Å²) in [5.74, 6) is -0.333. The number of carbonyl (C=O) groups is 2. The number of hydrogen-bond donors (Lipinski definition) is 1. The van der Waals surface area contributed by atoms with Crippen LogP contribution in [0.25, 0.3) is 0 Å². The van der Waals surface area contributed by atoms with E-state index < -0.39 is 23.9 Å². The summed E-state index contributed by atoms with van der Waals surface area (Å²) >= 11 is 0. The number of halogens is 3. The second-order valence-electron chi connectivity index (χ2n) is 5.70. The molecule has 0 spiro atoms. The van der Waals surface area contributed by atoms with Gasteiger partial charge >= 0.3 is 12.3 Å². The molecule has 21 heavy (non-hydrogen) atoms. The van der Waals surface area contributed by atoms with Crippen LogP contribution in [-0.2, 0) is 9.53 Å². The zero-order valence-electron chi connectivity index (χ0n) is 12.5. The number of rotatable bonds is 7. The van der Waals surface area contributed by atoms with Crippen LogP contribution < -0.4 is 5.32 Å². The second-order valence-corrected chi connectivity index (χ2v) is 5.70. The molecular weight excluding hydrogens is 287 g/mol. The summed E-state index contributed by atoms with van der Waals surface area (Å²) < 4.78 is 41.2. The van der Waals surface area contributed by atoms with Crippen molar-refractivity contribution in [2.45, 2.75) is 70.7 Å². The average molecular weight is 309 g/mol. The van der Waals surface area contributed by atoms with Crippen LogP contribution in [-0.4, -0.2) is 29.7 Å². The van der Waals surface area contributed by atoms with Gasteiger partial charge < -0.3 is 10.1 Å². The molecule has 0 saturated heterocycles. The maximum atomic E-state index is 12.3. The summed E-state index contributed by atoms with van der Waals surface area (Å²) in [6.45, 7) is 4.55. The van der Waals surface area contributed by atoms with Crippen LogP contribution in [0.2, 0.25) is 0 Å². The highest BCUT2D eigenvalue weighted by atomic mass is 19.4. The van der Waals surface area contributed by atoms with Crippen molar-refractivity contribution in [1.82, 2.24) is 5.32 Å². The Hall–Kier alpha value is -1.27. The third kappa shape index (κ3) is 4.89. The lowest BCUT2D eigenvalue weighted by atomic mass is 9.93. The van der Waals surface area contributed by atoms with Crippen molar-refractivity contribution < 1.29 is 27.5 Å². The molecule has 122 valence electrons. The van der Waals surface area contributed by atoms with Gasteiger partial charge in [-0.1, -0.05) is 26.7 Å². The number of amides is 1. The highest BCUT2D eigenvalue weighted by molar-refractivity contribution is 5.95. The summed E-state index contributed by atoms with van der Waals surface area (Å²) in [4.78, 5) is 23.8. The number of ketones is 1. The van der Waals surface area contributed by atoms with Gasteiger partial charge in [0.1, 0.15) is 5.54 Å². The first kappa shape index (κ1) is 17.8. The van der Waals surface area contributed by atoms with Gasteiger partial charge in [0.15, 0.2) is 11.9 Å². The molecule has 1 N–H and O–H groups in total. The largest absolute Gasteiger partial charge is 0.437 e. The molecule has 1 aliphatic rings. The Morgan fingerprint density at radius 1 is 1.29 bits per heavy atom. The van der Waals surface area contributed by atoms with Crippen LogP contribution in [0.1, 0.15) is 52.9 Å². The molecule has 4 nitrogen and oxygen atoms in total. The van der Waals surface area contributed by atoms with Gasteiger partial charge in [0.05, 0.1) is 0 Å². The fraction of sp³-hybridized carbons (Fsp3) is 0.857. The van der Waals surface area contributed by atoms with E-state index in [2.05, 4.69) is 10.1 Å². The monoisotopic (exact) mass is 309 g/mol. The summed E-state index contributed by atoms with van der Waals surface area (Å²) in [6.07, 6.45) is -4.49. The van der Waals surface area contributed by atoms with Crippen LogP contribution >= 0.6 is 0 Å². The van der Waals surface area contributed by atoms with Crippen LogP contribution in [0.4, 0.5) is 18.0 Å². The number of nitrogens with one attached hydrogen (secondary N) is 1. The van der Waals surface area contributed by atoms with Crippen molar-refractivity contribution in [1.29, 1.82) is 0 Å². The summed E-state index contributed by atoms with van der Waals surface area (Å²) in [6, 6.07) is 0. The summed E-state index contributed by atoms with van der Waals surface area (Å²) in [5, 5.41) is 2.32. The Morgan fingerprint density at radius 2 is 1.86 bits per heavy atom. The Bertz CT molecular complexity index is 391. The van der Waals surface area contributed by atoms with Crippen molar-refractivity contribution in [3.8, 4) is 0 Å². The lowest BCUT2D eigenvalue weighted by Crippen LogP contribution is -2.47. The molecule has 1 aliphatic carbocycles. The molecule has 0 aliphatic heterocycles. The zero-order valence-corrected chi connectivity index (χ0v) is 12.5. The molecule has 0 aromatic heterocycles. The fourth-order valence-corrected chi connectivity index (χ4v) is 2.12. The Balaban J connectivity index is 2.53. The van der Waals surface area contributed by atoms with Gasteiger partial charge in [0.25, 0.3) is 0 Å². The van der Waals surface area contributed by atoms with Crippen LogP contribution in [0.5, 0.6) is 0 Å². The minimum atomic E-state index is -4.60. The maximum absolute atomic E-state index is 12.3. The molecule has 2 atom stereocenters. The topological polar surface area (TPSA) is 55.4 Å². The SMILES string of the molecule is CCCCC(C)C(=O)C1(NC(=O)O[C@H](C)C(F)(F)F)CC1. The van der Waals surface area contributed by atoms with E-state index in [0.717, 1.165) is 19.8 Å². The predicted molar refractivity (Wildman–Crippen MR) is 70.8 cm³/mol. The fourth-order valence-electron chi connectivity index (χ4n) is 2.12. The van der Waals surface area contributed by atoms with Gasteiger partial charge in [-0.2, -0.15) is 13.2 Å². The molecule has 0 bridgehead atoms. The maximum Gasteiger partial charge on any atom is 0.425 e. The lowest BCUT2D eigenvalue weighted by molar-refractivity contribution is -0.197. The molecule has 0 radical (unpaired) electrons. The number of alkyl halides is 3. The van der Waals surface area contributed by atoms with E-state index in [0.29, 0.717) is 19.3 Å². The van der Waals surface area contributed by atoms with Crippen LogP contribution in [0, 0.1) is 5.92 Å². The summed E-state index contributed by atoms with van der Waals surface area (Å²) in [7, 11) is 0. The third-order valence-electron chi connectivity index (χ3n) is 3.75. The van der Waals surface area contributed by atoms with E-state index in [1.165, 1.54) is 0 Å². The van der Waals surface area contributed by atoms with Gasteiger partial charge in [-0.15, -0.1) is 0 Å². The van der Waals surface area contributed by atoms with E-state index in [4.69, 9.17) is 0 Å². The Morgan fingerprint density at radius 3 is 2.29 bits per heavy atom. The van der Waals surface area contributed by atoms with Crippen LogP contribution in [0.15, 0.2) is 0 Å². The molecular formula is C14H22F3NO3. The van der Waals surface area contributed by atoms with Crippen molar-refractivity contribution in [2.24, 2.45) is 5.92 Å². The molecule has 1 unspecified atom stereocenters. The molecule has 0 heterocycles. The standard InChI is InChI=1S/C14H22F3NO3/c1-4-5-6-9(2)11(19)13(7-8-13)18-12(20)21-10(3)14(15,16)17/h9-10H,4-8H2,1-3H3,(H,18,20)/t9?,10-/m1/s1. The van der Waals surface area contributed by atoms with Gasteiger partial charge in [0, 0.05) is 5.92 Å². The van der Waals surface area contributed by atoms with E-state index >= 15 is 0 Å². The van der Waals surface area contributed by atoms with Crippen molar-refractivity contribution in [2.75, 3.05) is 0 Å². The molecule has 0 aromatic carbocycles. The van der Waals surface area contributed by atoms with Gasteiger partial charge in [-0.25, -0.2) is 4.79 Å². The van der Waals surface area contributed by atoms with Crippen molar-refractivity contribution >= 4 is 11.9 Å². The van der Waals surface area contributed by atoms with E-state index in [1.54, 1.807) is 6.92 Å². The first-order chi connectivity index (χ1) is 9.62. The van der Waals surface area contributed by atoms with E-state index in [9.17, 15) is 22.8 Å². The quantitative estimate of drug-likeness (QED) is 0.782. The van der Waals surface area contributed by atoms with E-state index in [-0.39, 0.29) is 11.7 Å². The normalized spacial score (nSPS) is 19.5. The molecule has 7 heteroatoms. The highest BCUT2D eigenvalue weighted by Crippen LogP contribution is 2.39. The Kier molecular flexibility index (Phi) is 5.64. The minimum Gasteiger partial charge on any atom is -0.437 e. The van der Waals surface area contributed by atoms with Gasteiger partial charge in [0.2, 0.25) is 0 Å². The van der Waals surface area contributed by atoms with Crippen LogP contribution in [0.3, 0.4) is 0 Å². The number of ether oxygens (including phenoxy) is 1. The van der Waals surface area contributed by atoms with Crippen molar-refractivity contribution in [3.05, 3.63) is 0 Å². The molecule has 1 saturated carbocycles. The lowest BCUT2D eigenvalue weighted by Gasteiger charge is -2.22. The number of alkyl carbamates (subject to hydrolysis) is 1. The highest BCUT2D eigenvalue weighted by Gasteiger charge is 2.53. The Labute approximate surface area is 122 Å². The molecule has 1 amide bonds.